The largest absolute Gasteiger partial charge is 0.416 e. The molecule has 0 bridgehead atoms. The Morgan fingerprint density at radius 2 is 2.05 bits per heavy atom. The smallest absolute Gasteiger partial charge is 0.321 e. The first-order chi connectivity index (χ1) is 10.4. The highest BCUT2D eigenvalue weighted by molar-refractivity contribution is 5.98. The molecule has 1 heterocycles. The average molecular weight is 312 g/mol. The lowest BCUT2D eigenvalue weighted by molar-refractivity contribution is -0.138. The molecule has 0 saturated heterocycles. The topological polar surface area (TPSA) is 32.3 Å². The molecule has 1 aromatic carbocycles. The highest BCUT2D eigenvalue weighted by Crippen LogP contribution is 2.38. The van der Waals surface area contributed by atoms with Gasteiger partial charge in [0.05, 0.1) is 12.2 Å². The minimum atomic E-state index is -4.42. The Morgan fingerprint density at radius 3 is 2.59 bits per heavy atom. The number of alkyl halides is 3. The van der Waals surface area contributed by atoms with E-state index in [9.17, 15) is 18.0 Å². The molecule has 1 fully saturated rings. The molecule has 120 valence electrons. The first-order valence-electron chi connectivity index (χ1n) is 7.60. The number of fused-ring (bicyclic) bond motifs is 1. The number of carbonyl (C=O) groups excluding carboxylic acids is 1. The summed E-state index contributed by atoms with van der Waals surface area (Å²) < 4.78 is 39.1. The van der Waals surface area contributed by atoms with Crippen molar-refractivity contribution in [3.63, 3.8) is 0 Å². The zero-order valence-corrected chi connectivity index (χ0v) is 12.5. The van der Waals surface area contributed by atoms with Crippen LogP contribution in [0.2, 0.25) is 0 Å². The normalized spacial score (nSPS) is 20.0. The van der Waals surface area contributed by atoms with Gasteiger partial charge >= 0.3 is 6.18 Å². The van der Waals surface area contributed by atoms with E-state index in [0.29, 0.717) is 6.67 Å². The summed E-state index contributed by atoms with van der Waals surface area (Å²) in [7, 11) is 0. The number of nitrogens with zero attached hydrogens (tertiary/aromatic N) is 1. The third kappa shape index (κ3) is 2.49. The van der Waals surface area contributed by atoms with Gasteiger partial charge in [-0.25, -0.2) is 0 Å². The van der Waals surface area contributed by atoms with Gasteiger partial charge in [0.15, 0.2) is 0 Å². The lowest BCUT2D eigenvalue weighted by Crippen LogP contribution is -2.54. The second-order valence-corrected chi connectivity index (χ2v) is 6.15. The van der Waals surface area contributed by atoms with E-state index >= 15 is 0 Å². The first kappa shape index (κ1) is 15.3. The van der Waals surface area contributed by atoms with Gasteiger partial charge in [-0.15, -0.1) is 0 Å². The first-order valence-corrected chi connectivity index (χ1v) is 7.60. The van der Waals surface area contributed by atoms with Gasteiger partial charge in [-0.1, -0.05) is 13.0 Å². The molecule has 1 N–H and O–H groups in total. The number of carbonyl (C=O) groups is 1. The predicted octanol–water partition coefficient (Wildman–Crippen LogP) is 3.54. The second kappa shape index (κ2) is 5.26. The molecule has 1 aliphatic heterocycles. The Labute approximate surface area is 127 Å². The molecule has 1 saturated carbocycles. The fourth-order valence-corrected chi connectivity index (χ4v) is 3.31. The zero-order chi connectivity index (χ0) is 16.0. The molecule has 1 aliphatic carbocycles. The lowest BCUT2D eigenvalue weighted by atomic mass is 9.75. The molecule has 1 aromatic rings. The molecule has 22 heavy (non-hydrogen) atoms. The summed E-state index contributed by atoms with van der Waals surface area (Å²) in [6.07, 6.45) is -0.171. The highest BCUT2D eigenvalue weighted by Gasteiger charge is 2.40. The highest BCUT2D eigenvalue weighted by atomic mass is 19.4. The van der Waals surface area contributed by atoms with Crippen LogP contribution in [0, 0.1) is 0 Å². The fourth-order valence-electron chi connectivity index (χ4n) is 3.31. The number of rotatable bonds is 4. The van der Waals surface area contributed by atoms with Crippen LogP contribution in [0.1, 0.15) is 54.1 Å². The van der Waals surface area contributed by atoms with Gasteiger partial charge in [0.1, 0.15) is 0 Å². The average Bonchev–Trinajstić information content (AvgIpc) is 2.74. The van der Waals surface area contributed by atoms with Gasteiger partial charge in [-0.2, -0.15) is 13.2 Å². The number of hydrogen-bond acceptors (Lipinski definition) is 2. The van der Waals surface area contributed by atoms with Crippen LogP contribution in [0.15, 0.2) is 18.2 Å². The maximum absolute atomic E-state index is 13.0. The summed E-state index contributed by atoms with van der Waals surface area (Å²) in [5, 5.41) is 3.37. The predicted molar refractivity (Wildman–Crippen MR) is 76.2 cm³/mol. The third-order valence-electron chi connectivity index (χ3n) is 4.98. The van der Waals surface area contributed by atoms with Gasteiger partial charge in [-0.3, -0.25) is 10.1 Å². The van der Waals surface area contributed by atoms with Crippen molar-refractivity contribution < 1.29 is 18.0 Å². The Kier molecular flexibility index (Phi) is 3.67. The van der Waals surface area contributed by atoms with E-state index in [1.165, 1.54) is 17.0 Å². The van der Waals surface area contributed by atoms with Crippen molar-refractivity contribution in [3.05, 3.63) is 34.9 Å². The quantitative estimate of drug-likeness (QED) is 0.922. The number of halogens is 3. The van der Waals surface area contributed by atoms with Gasteiger partial charge in [0.2, 0.25) is 0 Å². The van der Waals surface area contributed by atoms with Crippen molar-refractivity contribution >= 4 is 5.91 Å². The maximum Gasteiger partial charge on any atom is 0.416 e. The summed E-state index contributed by atoms with van der Waals surface area (Å²) >= 11 is 0. The molecule has 1 amide bonds. The molecular weight excluding hydrogens is 293 g/mol. The molecule has 0 radical (unpaired) electrons. The third-order valence-corrected chi connectivity index (χ3v) is 4.98. The summed E-state index contributed by atoms with van der Waals surface area (Å²) in [5.41, 5.74) is -0.367. The Bertz CT molecular complexity index is 588. The summed E-state index contributed by atoms with van der Waals surface area (Å²) in [6, 6.07) is 3.82. The maximum atomic E-state index is 13.0. The van der Waals surface area contributed by atoms with Crippen molar-refractivity contribution in [2.45, 2.75) is 50.9 Å². The summed E-state index contributed by atoms with van der Waals surface area (Å²) in [5.74, 6) is -0.320. The van der Waals surface area contributed by atoms with Crippen LogP contribution in [0.5, 0.6) is 0 Å². The number of hydrogen-bond donors (Lipinski definition) is 1. The van der Waals surface area contributed by atoms with E-state index in [1.807, 2.05) is 0 Å². The Morgan fingerprint density at radius 1 is 1.32 bits per heavy atom. The van der Waals surface area contributed by atoms with E-state index in [1.54, 1.807) is 0 Å². The van der Waals surface area contributed by atoms with E-state index < -0.39 is 11.7 Å². The minimum absolute atomic E-state index is 0.0244. The number of amides is 1. The van der Waals surface area contributed by atoms with Crippen molar-refractivity contribution in [1.29, 1.82) is 0 Å². The van der Waals surface area contributed by atoms with E-state index in [4.69, 9.17) is 0 Å². The summed E-state index contributed by atoms with van der Waals surface area (Å²) in [4.78, 5) is 13.8. The van der Waals surface area contributed by atoms with Gasteiger partial charge < -0.3 is 4.90 Å². The Balaban J connectivity index is 1.77. The van der Waals surface area contributed by atoms with Crippen molar-refractivity contribution in [2.75, 3.05) is 6.67 Å². The van der Waals surface area contributed by atoms with Crippen LogP contribution in [-0.2, 0) is 12.7 Å². The molecule has 6 heteroatoms. The standard InChI is InChI=1S/C16H19F3N2O/c1-2-15(7-4-8-15)20-10-21-9-12-11(14(21)22)5-3-6-13(12)16(17,18)19/h3,5-6,20H,2,4,7-10H2,1H3. The molecule has 0 unspecified atom stereocenters. The van der Waals surface area contributed by atoms with Crippen LogP contribution in [0.25, 0.3) is 0 Å². The van der Waals surface area contributed by atoms with Gasteiger partial charge in [0, 0.05) is 17.6 Å². The van der Waals surface area contributed by atoms with Crippen molar-refractivity contribution in [1.82, 2.24) is 10.2 Å². The minimum Gasteiger partial charge on any atom is -0.321 e. The van der Waals surface area contributed by atoms with Gasteiger partial charge in [-0.05, 0) is 43.4 Å². The molecule has 3 nitrogen and oxygen atoms in total. The molecule has 0 aromatic heterocycles. The fraction of sp³-hybridized carbons (Fsp3) is 0.562. The molecule has 2 aliphatic rings. The van der Waals surface area contributed by atoms with E-state index in [-0.39, 0.29) is 29.1 Å². The molecular formula is C16H19F3N2O. The Hall–Kier alpha value is -1.56. The summed E-state index contributed by atoms with van der Waals surface area (Å²) in [6.45, 7) is 2.42. The zero-order valence-electron chi connectivity index (χ0n) is 12.5. The van der Waals surface area contributed by atoms with Gasteiger partial charge in [0.25, 0.3) is 5.91 Å². The second-order valence-electron chi connectivity index (χ2n) is 6.15. The van der Waals surface area contributed by atoms with Crippen LogP contribution >= 0.6 is 0 Å². The molecule has 3 rings (SSSR count). The lowest BCUT2D eigenvalue weighted by Gasteiger charge is -2.43. The van der Waals surface area contributed by atoms with E-state index in [0.717, 1.165) is 31.7 Å². The van der Waals surface area contributed by atoms with Crippen LogP contribution < -0.4 is 5.32 Å². The van der Waals surface area contributed by atoms with Crippen LogP contribution in [0.4, 0.5) is 13.2 Å². The van der Waals surface area contributed by atoms with Crippen LogP contribution in [-0.4, -0.2) is 23.0 Å². The van der Waals surface area contributed by atoms with Crippen molar-refractivity contribution in [3.8, 4) is 0 Å². The van der Waals surface area contributed by atoms with Crippen LogP contribution in [0.3, 0.4) is 0 Å². The number of benzene rings is 1. The molecule has 0 spiro atoms. The van der Waals surface area contributed by atoms with E-state index in [2.05, 4.69) is 12.2 Å². The SMILES string of the molecule is CCC1(NCN2Cc3c(cccc3C(F)(F)F)C2=O)CCC1. The monoisotopic (exact) mass is 312 g/mol. The number of nitrogens with one attached hydrogen (secondary N) is 1. The van der Waals surface area contributed by atoms with Crippen molar-refractivity contribution in [2.24, 2.45) is 0 Å². The molecule has 0 atom stereocenters.